The summed E-state index contributed by atoms with van der Waals surface area (Å²) in [5.41, 5.74) is 6.53. The minimum atomic E-state index is 0.0747. The normalized spacial score (nSPS) is 9.00. The molecular weight excluding hydrogens is 154 g/mol. The lowest BCUT2D eigenvalue weighted by atomic mass is 10.4. The average Bonchev–Trinajstić information content (AvgIpc) is 2.41. The summed E-state index contributed by atoms with van der Waals surface area (Å²) in [5.74, 6) is 0.633. The second-order valence-corrected chi connectivity index (χ2v) is 2.16. The average molecular weight is 171 g/mol. The van der Waals surface area contributed by atoms with Crippen molar-refractivity contribution in [2.24, 2.45) is 0 Å². The molecule has 0 spiro atoms. The first-order valence-corrected chi connectivity index (χ1v) is 4.14. The first kappa shape index (κ1) is 11.0. The van der Waals surface area contributed by atoms with Crippen LogP contribution < -0.4 is 5.73 Å². The molecule has 0 radical (unpaired) electrons. The fourth-order valence-electron chi connectivity index (χ4n) is 0.761. The van der Waals surface area contributed by atoms with Crippen LogP contribution in [-0.4, -0.2) is 21.5 Å². The summed E-state index contributed by atoms with van der Waals surface area (Å²) in [4.78, 5) is 0. The second kappa shape index (κ2) is 5.60. The third-order valence-corrected chi connectivity index (χ3v) is 1.38. The van der Waals surface area contributed by atoms with E-state index in [1.807, 2.05) is 20.8 Å². The highest BCUT2D eigenvalue weighted by molar-refractivity contribution is 5.36. The molecule has 3 N–H and O–H groups in total. The molecular formula is C8H17N3O. The van der Waals surface area contributed by atoms with E-state index < -0.39 is 0 Å². The molecule has 0 aliphatic rings. The van der Waals surface area contributed by atoms with Crippen molar-refractivity contribution in [2.45, 2.75) is 27.3 Å². The Balaban J connectivity index is 0.000000561. The molecule has 0 saturated heterocycles. The maximum absolute atomic E-state index is 8.54. The van der Waals surface area contributed by atoms with Crippen LogP contribution in [0.15, 0.2) is 6.20 Å². The van der Waals surface area contributed by atoms with E-state index in [-0.39, 0.29) is 6.61 Å². The Labute approximate surface area is 73.0 Å². The standard InChI is InChI=1S/C6H11N3O.C2H6/c1-5-4-8-9(2-3-10)6(5)7;1-2/h4,10H,2-3,7H2,1H3;1-2H3. The number of aliphatic hydroxyl groups excluding tert-OH is 1. The van der Waals surface area contributed by atoms with Crippen LogP contribution >= 0.6 is 0 Å². The van der Waals surface area contributed by atoms with Gasteiger partial charge >= 0.3 is 0 Å². The van der Waals surface area contributed by atoms with Crippen LogP contribution in [0.5, 0.6) is 0 Å². The van der Waals surface area contributed by atoms with Crippen LogP contribution in [0.2, 0.25) is 0 Å². The van der Waals surface area contributed by atoms with Gasteiger partial charge in [0.2, 0.25) is 0 Å². The van der Waals surface area contributed by atoms with Crippen molar-refractivity contribution in [3.05, 3.63) is 11.8 Å². The van der Waals surface area contributed by atoms with Crippen molar-refractivity contribution < 1.29 is 5.11 Å². The van der Waals surface area contributed by atoms with Gasteiger partial charge in [-0.05, 0) is 6.92 Å². The van der Waals surface area contributed by atoms with E-state index in [1.54, 1.807) is 10.9 Å². The minimum Gasteiger partial charge on any atom is -0.394 e. The lowest BCUT2D eigenvalue weighted by Gasteiger charge is -1.99. The summed E-state index contributed by atoms with van der Waals surface area (Å²) in [6.07, 6.45) is 1.69. The molecule has 1 heterocycles. The summed E-state index contributed by atoms with van der Waals surface area (Å²) in [6.45, 7) is 6.43. The molecule has 0 atom stereocenters. The van der Waals surface area contributed by atoms with Crippen molar-refractivity contribution in [1.29, 1.82) is 0 Å². The fraction of sp³-hybridized carbons (Fsp3) is 0.625. The Morgan fingerprint density at radius 3 is 2.50 bits per heavy atom. The predicted octanol–water partition coefficient (Wildman–Crippen LogP) is 0.792. The molecule has 1 rings (SSSR count). The highest BCUT2D eigenvalue weighted by atomic mass is 16.3. The third-order valence-electron chi connectivity index (χ3n) is 1.38. The Morgan fingerprint density at radius 2 is 2.17 bits per heavy atom. The van der Waals surface area contributed by atoms with E-state index in [9.17, 15) is 0 Å². The van der Waals surface area contributed by atoms with Crippen molar-refractivity contribution >= 4 is 5.82 Å². The van der Waals surface area contributed by atoms with Crippen LogP contribution in [0.1, 0.15) is 19.4 Å². The van der Waals surface area contributed by atoms with Gasteiger partial charge in [0.15, 0.2) is 0 Å². The van der Waals surface area contributed by atoms with Gasteiger partial charge in [0.1, 0.15) is 5.82 Å². The Hall–Kier alpha value is -1.03. The second-order valence-electron chi connectivity index (χ2n) is 2.16. The molecule has 0 unspecified atom stereocenters. The van der Waals surface area contributed by atoms with Crippen molar-refractivity contribution in [3.8, 4) is 0 Å². The lowest BCUT2D eigenvalue weighted by molar-refractivity contribution is 0.270. The molecule has 12 heavy (non-hydrogen) atoms. The monoisotopic (exact) mass is 171 g/mol. The zero-order valence-electron chi connectivity index (χ0n) is 7.91. The van der Waals surface area contributed by atoms with Gasteiger partial charge in [-0.3, -0.25) is 0 Å². The summed E-state index contributed by atoms with van der Waals surface area (Å²) >= 11 is 0. The van der Waals surface area contributed by atoms with Crippen molar-refractivity contribution in [2.75, 3.05) is 12.3 Å². The number of nitrogens with zero attached hydrogens (tertiary/aromatic N) is 2. The summed E-state index contributed by atoms with van der Waals surface area (Å²) in [7, 11) is 0. The molecule has 0 saturated carbocycles. The third kappa shape index (κ3) is 2.54. The zero-order chi connectivity index (χ0) is 9.56. The number of aromatic nitrogens is 2. The first-order chi connectivity index (χ1) is 5.75. The summed E-state index contributed by atoms with van der Waals surface area (Å²) < 4.78 is 1.58. The highest BCUT2D eigenvalue weighted by Gasteiger charge is 2.00. The molecule has 0 aliphatic heterocycles. The predicted molar refractivity (Wildman–Crippen MR) is 49.8 cm³/mol. The van der Waals surface area contributed by atoms with Crippen LogP contribution in [0.25, 0.3) is 0 Å². The largest absolute Gasteiger partial charge is 0.394 e. The molecule has 0 amide bonds. The molecule has 4 nitrogen and oxygen atoms in total. The number of anilines is 1. The molecule has 0 bridgehead atoms. The molecule has 0 fully saturated rings. The summed E-state index contributed by atoms with van der Waals surface area (Å²) in [5, 5.41) is 12.5. The van der Waals surface area contributed by atoms with Gasteiger partial charge in [-0.15, -0.1) is 0 Å². The van der Waals surface area contributed by atoms with Gasteiger partial charge in [0.25, 0.3) is 0 Å². The molecule has 0 aromatic carbocycles. The number of aliphatic hydroxyl groups is 1. The van der Waals surface area contributed by atoms with E-state index in [4.69, 9.17) is 10.8 Å². The van der Waals surface area contributed by atoms with Crippen molar-refractivity contribution in [1.82, 2.24) is 9.78 Å². The van der Waals surface area contributed by atoms with Gasteiger partial charge in [-0.25, -0.2) is 4.68 Å². The fourth-order valence-corrected chi connectivity index (χ4v) is 0.761. The maximum atomic E-state index is 8.54. The maximum Gasteiger partial charge on any atom is 0.124 e. The van der Waals surface area contributed by atoms with Crippen LogP contribution in [0, 0.1) is 6.92 Å². The Bertz CT molecular complexity index is 220. The molecule has 1 aromatic rings. The zero-order valence-corrected chi connectivity index (χ0v) is 7.91. The number of aryl methyl sites for hydroxylation is 1. The number of nitrogen functional groups attached to an aromatic ring is 1. The van der Waals surface area contributed by atoms with Gasteiger partial charge in [-0.2, -0.15) is 5.10 Å². The minimum absolute atomic E-state index is 0.0747. The number of hydrogen-bond acceptors (Lipinski definition) is 3. The highest BCUT2D eigenvalue weighted by Crippen LogP contribution is 2.07. The smallest absolute Gasteiger partial charge is 0.124 e. The van der Waals surface area contributed by atoms with E-state index in [2.05, 4.69) is 5.10 Å². The molecule has 4 heteroatoms. The number of hydrogen-bond donors (Lipinski definition) is 2. The molecule has 1 aromatic heterocycles. The van der Waals surface area contributed by atoms with Crippen LogP contribution in [-0.2, 0) is 6.54 Å². The number of rotatable bonds is 2. The summed E-state index contributed by atoms with van der Waals surface area (Å²) in [6, 6.07) is 0. The Kier molecular flexibility index (Phi) is 5.12. The van der Waals surface area contributed by atoms with Gasteiger partial charge < -0.3 is 10.8 Å². The quantitative estimate of drug-likeness (QED) is 0.691. The van der Waals surface area contributed by atoms with E-state index in [1.165, 1.54) is 0 Å². The number of nitrogens with two attached hydrogens (primary N) is 1. The van der Waals surface area contributed by atoms with Gasteiger partial charge in [0, 0.05) is 5.56 Å². The first-order valence-electron chi connectivity index (χ1n) is 4.14. The van der Waals surface area contributed by atoms with E-state index in [0.717, 1.165) is 5.56 Å². The lowest BCUT2D eigenvalue weighted by Crippen LogP contribution is -2.07. The van der Waals surface area contributed by atoms with Gasteiger partial charge in [-0.1, -0.05) is 13.8 Å². The van der Waals surface area contributed by atoms with Gasteiger partial charge in [0.05, 0.1) is 19.3 Å². The van der Waals surface area contributed by atoms with E-state index >= 15 is 0 Å². The Morgan fingerprint density at radius 1 is 1.58 bits per heavy atom. The van der Waals surface area contributed by atoms with Crippen LogP contribution in [0.3, 0.4) is 0 Å². The topological polar surface area (TPSA) is 64.1 Å². The van der Waals surface area contributed by atoms with Crippen molar-refractivity contribution in [3.63, 3.8) is 0 Å². The molecule has 0 aliphatic carbocycles. The van der Waals surface area contributed by atoms with Crippen LogP contribution in [0.4, 0.5) is 5.82 Å². The van der Waals surface area contributed by atoms with E-state index in [0.29, 0.717) is 12.4 Å². The molecule has 70 valence electrons. The SMILES string of the molecule is CC.Cc1cnn(CCO)c1N.